The summed E-state index contributed by atoms with van der Waals surface area (Å²) in [5, 5.41) is -1.93. The second-order valence-corrected chi connectivity index (χ2v) is 3.91. The third-order valence-corrected chi connectivity index (χ3v) is 2.48. The molecule has 1 atom stereocenters. The molecule has 0 amide bonds. The van der Waals surface area contributed by atoms with Gasteiger partial charge in [0, 0.05) is 29.6 Å². The van der Waals surface area contributed by atoms with Crippen LogP contribution in [0.2, 0.25) is 0 Å². The molecule has 0 saturated carbocycles. The monoisotopic (exact) mass is 249 g/mol. The molecule has 0 aromatic heterocycles. The molecule has 15 heavy (non-hydrogen) atoms. The quantitative estimate of drug-likeness (QED) is 0.371. The van der Waals surface area contributed by atoms with Gasteiger partial charge in [-0.1, -0.05) is 0 Å². The van der Waals surface area contributed by atoms with Gasteiger partial charge in [0.1, 0.15) is 0 Å². The fourth-order valence-electron chi connectivity index (χ4n) is 0.676. The fraction of sp³-hybridized carbons (Fsp3) is 0.667. The summed E-state index contributed by atoms with van der Waals surface area (Å²) >= 11 is 0. The Morgan fingerprint density at radius 1 is 1.27 bits per heavy atom. The van der Waals surface area contributed by atoms with Crippen molar-refractivity contribution in [3.8, 4) is 0 Å². The summed E-state index contributed by atoms with van der Waals surface area (Å²) in [5.41, 5.74) is 0. The van der Waals surface area contributed by atoms with Gasteiger partial charge < -0.3 is 9.47 Å². The van der Waals surface area contributed by atoms with Crippen LogP contribution in [0, 0.1) is 0 Å². The molecular weight excluding hydrogens is 239 g/mol. The van der Waals surface area contributed by atoms with E-state index in [0.29, 0.717) is 0 Å². The Hall–Kier alpha value is -0.150. The van der Waals surface area contributed by atoms with E-state index in [4.69, 9.17) is 4.55 Å². The maximum absolute atomic E-state index is 10.8. The zero-order valence-corrected chi connectivity index (χ0v) is 11.4. The Morgan fingerprint density at radius 3 is 2.00 bits per heavy atom. The molecule has 0 spiro atoms. The summed E-state index contributed by atoms with van der Waals surface area (Å²) in [5.74, 6) is -2.14. The van der Waals surface area contributed by atoms with Crippen LogP contribution in [0.4, 0.5) is 0 Å². The van der Waals surface area contributed by atoms with Gasteiger partial charge >= 0.3 is 11.9 Å². The Morgan fingerprint density at radius 2 is 1.73 bits per heavy atom. The van der Waals surface area contributed by atoms with E-state index in [2.05, 4.69) is 9.47 Å². The molecule has 0 heterocycles. The number of carbonyl (C=O) groups is 2. The van der Waals surface area contributed by atoms with Crippen LogP contribution in [0.1, 0.15) is 6.42 Å². The molecule has 0 aromatic rings. The summed E-state index contributed by atoms with van der Waals surface area (Å²) in [4.78, 5) is 21.5. The van der Waals surface area contributed by atoms with Gasteiger partial charge in [-0.3, -0.25) is 14.1 Å². The van der Waals surface area contributed by atoms with Crippen molar-refractivity contribution in [1.29, 1.82) is 0 Å². The summed E-state index contributed by atoms with van der Waals surface area (Å²) in [6.07, 6.45) is -0.776. The van der Waals surface area contributed by atoms with Gasteiger partial charge in [-0.2, -0.15) is 8.42 Å². The largest absolute Gasteiger partial charge is 0.469 e. The molecule has 0 aliphatic carbocycles. The Labute approximate surface area is 109 Å². The van der Waals surface area contributed by atoms with Gasteiger partial charge in [-0.25, -0.2) is 0 Å². The maximum atomic E-state index is 10.8. The Balaban J connectivity index is 0. The number of hydrogen-bond donors (Lipinski definition) is 1. The van der Waals surface area contributed by atoms with Crippen LogP contribution in [-0.4, -0.2) is 73.9 Å². The zero-order valence-electron chi connectivity index (χ0n) is 8.59. The third-order valence-electron chi connectivity index (χ3n) is 1.40. The number of esters is 2. The molecule has 0 rings (SSSR count). The van der Waals surface area contributed by atoms with Crippen molar-refractivity contribution >= 4 is 51.6 Å². The van der Waals surface area contributed by atoms with E-state index in [0.717, 1.165) is 14.2 Å². The zero-order chi connectivity index (χ0) is 11.4. The summed E-state index contributed by atoms with van der Waals surface area (Å²) in [7, 11) is -2.69. The third kappa shape index (κ3) is 6.10. The van der Waals surface area contributed by atoms with Gasteiger partial charge in [-0.05, 0) is 0 Å². The van der Waals surface area contributed by atoms with Crippen molar-refractivity contribution in [3.63, 3.8) is 0 Å². The molecule has 1 radical (unpaired) electrons. The van der Waals surface area contributed by atoms with Crippen molar-refractivity contribution in [3.05, 3.63) is 0 Å². The first kappa shape index (κ1) is 17.3. The summed E-state index contributed by atoms with van der Waals surface area (Å²) < 4.78 is 38.1. The number of ether oxygens (including phenoxy) is 2. The summed E-state index contributed by atoms with van der Waals surface area (Å²) in [6.45, 7) is 0. The predicted molar refractivity (Wildman–Crippen MR) is 49.7 cm³/mol. The second-order valence-electron chi connectivity index (χ2n) is 2.31. The molecule has 83 valence electrons. The van der Waals surface area contributed by atoms with E-state index < -0.39 is 33.7 Å². The molecule has 0 fully saturated rings. The van der Waals surface area contributed by atoms with Crippen LogP contribution in [0.15, 0.2) is 0 Å². The minimum atomic E-state index is -4.66. The molecule has 0 bridgehead atoms. The van der Waals surface area contributed by atoms with Crippen LogP contribution in [0.25, 0.3) is 0 Å². The first-order chi connectivity index (χ1) is 6.32. The van der Waals surface area contributed by atoms with Crippen LogP contribution < -0.4 is 0 Å². The minimum Gasteiger partial charge on any atom is -0.469 e. The van der Waals surface area contributed by atoms with Crippen molar-refractivity contribution in [2.75, 3.05) is 14.2 Å². The van der Waals surface area contributed by atoms with E-state index in [1.165, 1.54) is 0 Å². The average Bonchev–Trinajstić information content (AvgIpc) is 2.10. The van der Waals surface area contributed by atoms with E-state index in [1.54, 1.807) is 0 Å². The molecule has 1 N–H and O–H groups in total. The van der Waals surface area contributed by atoms with Gasteiger partial charge in [0.2, 0.25) is 0 Å². The predicted octanol–water partition coefficient (Wildman–Crippen LogP) is -1.40. The Bertz CT molecular complexity index is 322. The van der Waals surface area contributed by atoms with Gasteiger partial charge in [0.15, 0.2) is 5.25 Å². The maximum Gasteiger partial charge on any atom is 0.327 e. The van der Waals surface area contributed by atoms with Crippen molar-refractivity contribution < 1.29 is 32.0 Å². The first-order valence-corrected chi connectivity index (χ1v) is 4.94. The van der Waals surface area contributed by atoms with Crippen molar-refractivity contribution in [2.45, 2.75) is 11.7 Å². The topological polar surface area (TPSA) is 107 Å². The average molecular weight is 249 g/mol. The number of methoxy groups -OCH3 is 2. The number of rotatable bonds is 4. The van der Waals surface area contributed by atoms with Gasteiger partial charge in [-0.15, -0.1) is 0 Å². The standard InChI is InChI=1S/C6H10O7S.Na/c1-12-5(7)3-4(6(8)13-2)14(9,10)11;/h4H,3H2,1-2H3,(H,9,10,11);. The molecule has 0 aliphatic heterocycles. The van der Waals surface area contributed by atoms with Crippen molar-refractivity contribution in [2.24, 2.45) is 0 Å². The van der Waals surface area contributed by atoms with E-state index in [-0.39, 0.29) is 29.6 Å². The number of carbonyl (C=O) groups excluding carboxylic acids is 2. The van der Waals surface area contributed by atoms with Crippen LogP contribution in [0.3, 0.4) is 0 Å². The SMILES string of the molecule is COC(=O)CC(C(=O)OC)S(=O)(=O)O.[Na]. The molecule has 1 unspecified atom stereocenters. The first-order valence-electron chi connectivity index (χ1n) is 3.44. The molecule has 9 heteroatoms. The molecule has 0 aliphatic rings. The van der Waals surface area contributed by atoms with Gasteiger partial charge in [0.25, 0.3) is 10.1 Å². The smallest absolute Gasteiger partial charge is 0.327 e. The van der Waals surface area contributed by atoms with E-state index in [1.807, 2.05) is 0 Å². The molecule has 0 saturated heterocycles. The number of hydrogen-bond acceptors (Lipinski definition) is 6. The van der Waals surface area contributed by atoms with Crippen LogP contribution >= 0.6 is 0 Å². The minimum absolute atomic E-state index is 0. The second kappa shape index (κ2) is 7.18. The van der Waals surface area contributed by atoms with Crippen LogP contribution in [0.5, 0.6) is 0 Å². The normalized spacial score (nSPS) is 12.2. The van der Waals surface area contributed by atoms with Gasteiger partial charge in [0.05, 0.1) is 20.6 Å². The molecule has 0 aromatic carbocycles. The summed E-state index contributed by atoms with van der Waals surface area (Å²) in [6, 6.07) is 0. The molecule has 7 nitrogen and oxygen atoms in total. The van der Waals surface area contributed by atoms with Crippen LogP contribution in [-0.2, 0) is 29.2 Å². The molecular formula is C6H10NaO7S. The fourth-order valence-corrected chi connectivity index (χ4v) is 1.36. The van der Waals surface area contributed by atoms with E-state index in [9.17, 15) is 18.0 Å². The Kier molecular flexibility index (Phi) is 8.25. The van der Waals surface area contributed by atoms with Crippen molar-refractivity contribution in [1.82, 2.24) is 0 Å². The van der Waals surface area contributed by atoms with E-state index >= 15 is 0 Å².